The molecule has 0 bridgehead atoms. The second-order valence-corrected chi connectivity index (χ2v) is 8.29. The molecule has 3 nitrogen and oxygen atoms in total. The molecule has 0 amide bonds. The summed E-state index contributed by atoms with van der Waals surface area (Å²) in [7, 11) is 0. The Bertz CT molecular complexity index is 1370. The Labute approximate surface area is 206 Å². The van der Waals surface area contributed by atoms with Crippen molar-refractivity contribution >= 4 is 11.5 Å². The summed E-state index contributed by atoms with van der Waals surface area (Å²) < 4.78 is 12.0. The molecule has 1 aliphatic heterocycles. The fourth-order valence-electron chi connectivity index (χ4n) is 4.41. The van der Waals surface area contributed by atoms with Crippen molar-refractivity contribution in [1.82, 2.24) is 0 Å². The Morgan fingerprint density at radius 2 is 1.49 bits per heavy atom. The maximum atomic E-state index is 13.1. The molecule has 35 heavy (non-hydrogen) atoms. The summed E-state index contributed by atoms with van der Waals surface area (Å²) in [5.41, 5.74) is 4.74. The first-order chi connectivity index (χ1) is 17.2. The van der Waals surface area contributed by atoms with Gasteiger partial charge in [0.05, 0.1) is 6.61 Å². The van der Waals surface area contributed by atoms with Crippen LogP contribution in [0.3, 0.4) is 0 Å². The molecule has 0 fully saturated rings. The molecular weight excluding hydrogens is 432 g/mol. The number of benzene rings is 4. The van der Waals surface area contributed by atoms with E-state index in [2.05, 4.69) is 18.2 Å². The van der Waals surface area contributed by atoms with Gasteiger partial charge < -0.3 is 9.47 Å². The zero-order chi connectivity index (χ0) is 24.0. The standard InChI is InChI=1S/C32H26O3/c1-2-34-26-19-17-23(18-20-26)29(33)22-21-28-31(24-11-5-3-6-12-24)27-15-9-10-16-30(27)35-32(28)25-13-7-4-8-14-25/h3-22,31H,2H2,1H3/b22-21+/t31-/m0/s1. The lowest BCUT2D eigenvalue weighted by atomic mass is 9.81. The number of hydrogen-bond donors (Lipinski definition) is 0. The van der Waals surface area contributed by atoms with Crippen molar-refractivity contribution < 1.29 is 14.3 Å². The Balaban J connectivity index is 1.61. The summed E-state index contributed by atoms with van der Waals surface area (Å²) in [6.45, 7) is 2.53. The van der Waals surface area contributed by atoms with E-state index in [1.807, 2.05) is 91.9 Å². The Hall–Kier alpha value is -4.37. The summed E-state index contributed by atoms with van der Waals surface area (Å²) in [6, 6.07) is 35.7. The van der Waals surface area contributed by atoms with Crippen LogP contribution in [0, 0.1) is 0 Å². The summed E-state index contributed by atoms with van der Waals surface area (Å²) in [6.07, 6.45) is 3.55. The average molecular weight is 459 g/mol. The minimum absolute atomic E-state index is 0.0688. The number of rotatable bonds is 7. The van der Waals surface area contributed by atoms with Gasteiger partial charge in [-0.05, 0) is 48.9 Å². The molecule has 0 N–H and O–H groups in total. The highest BCUT2D eigenvalue weighted by molar-refractivity contribution is 6.05. The molecule has 0 spiro atoms. The van der Waals surface area contributed by atoms with Gasteiger partial charge in [0.1, 0.15) is 17.3 Å². The monoisotopic (exact) mass is 458 g/mol. The highest BCUT2D eigenvalue weighted by Crippen LogP contribution is 2.46. The highest BCUT2D eigenvalue weighted by atomic mass is 16.5. The van der Waals surface area contributed by atoms with E-state index in [1.54, 1.807) is 18.2 Å². The highest BCUT2D eigenvalue weighted by Gasteiger charge is 2.30. The van der Waals surface area contributed by atoms with Gasteiger partial charge in [-0.1, -0.05) is 84.9 Å². The van der Waals surface area contributed by atoms with Crippen molar-refractivity contribution in [3.8, 4) is 11.5 Å². The molecule has 1 aliphatic rings. The second kappa shape index (κ2) is 10.3. The zero-order valence-electron chi connectivity index (χ0n) is 19.6. The van der Waals surface area contributed by atoms with E-state index < -0.39 is 0 Å². The van der Waals surface area contributed by atoms with Crippen LogP contribution in [0.1, 0.15) is 39.9 Å². The lowest BCUT2D eigenvalue weighted by Gasteiger charge is -2.30. The molecule has 0 aromatic heterocycles. The van der Waals surface area contributed by atoms with E-state index in [-0.39, 0.29) is 11.7 Å². The van der Waals surface area contributed by atoms with Crippen LogP contribution in [0.2, 0.25) is 0 Å². The summed E-state index contributed by atoms with van der Waals surface area (Å²) >= 11 is 0. The molecule has 0 radical (unpaired) electrons. The van der Waals surface area contributed by atoms with E-state index >= 15 is 0 Å². The lowest BCUT2D eigenvalue weighted by molar-refractivity contribution is 0.104. The minimum atomic E-state index is -0.0707. The van der Waals surface area contributed by atoms with Crippen molar-refractivity contribution in [1.29, 1.82) is 0 Å². The maximum absolute atomic E-state index is 13.1. The smallest absolute Gasteiger partial charge is 0.185 e. The number of para-hydroxylation sites is 1. The largest absolute Gasteiger partial charge is 0.494 e. The van der Waals surface area contributed by atoms with Gasteiger partial charge >= 0.3 is 0 Å². The molecule has 0 unspecified atom stereocenters. The third-order valence-corrected chi connectivity index (χ3v) is 6.05. The SMILES string of the molecule is CCOc1ccc(C(=O)/C=C/C2=C(c3ccccc3)Oc3ccccc3[C@@H]2c2ccccc2)cc1. The Morgan fingerprint density at radius 3 is 2.20 bits per heavy atom. The van der Waals surface area contributed by atoms with Crippen LogP contribution < -0.4 is 9.47 Å². The predicted octanol–water partition coefficient (Wildman–Crippen LogP) is 7.46. The predicted molar refractivity (Wildman–Crippen MR) is 140 cm³/mol. The Morgan fingerprint density at radius 1 is 0.829 bits per heavy atom. The van der Waals surface area contributed by atoms with Crippen molar-refractivity contribution in [3.63, 3.8) is 0 Å². The van der Waals surface area contributed by atoms with Crippen molar-refractivity contribution in [2.45, 2.75) is 12.8 Å². The van der Waals surface area contributed by atoms with Gasteiger partial charge in [-0.15, -0.1) is 0 Å². The first-order valence-corrected chi connectivity index (χ1v) is 11.8. The molecule has 172 valence electrons. The molecule has 1 heterocycles. The Kier molecular flexibility index (Phi) is 6.58. The first kappa shape index (κ1) is 22.4. The normalized spacial score (nSPS) is 14.9. The second-order valence-electron chi connectivity index (χ2n) is 8.29. The van der Waals surface area contributed by atoms with Crippen LogP contribution in [-0.2, 0) is 0 Å². The number of carbonyl (C=O) groups excluding carboxylic acids is 1. The van der Waals surface area contributed by atoms with Crippen LogP contribution in [0.25, 0.3) is 5.76 Å². The molecular formula is C32H26O3. The third kappa shape index (κ3) is 4.80. The maximum Gasteiger partial charge on any atom is 0.185 e. The molecule has 5 rings (SSSR count). The van der Waals surface area contributed by atoms with E-state index in [9.17, 15) is 4.79 Å². The number of fused-ring (bicyclic) bond motifs is 1. The number of ketones is 1. The summed E-state index contributed by atoms with van der Waals surface area (Å²) in [5.74, 6) is 2.20. The number of carbonyl (C=O) groups is 1. The quantitative estimate of drug-likeness (QED) is 0.213. The fraction of sp³-hybridized carbons (Fsp3) is 0.0938. The first-order valence-electron chi connectivity index (χ1n) is 11.8. The molecule has 1 atom stereocenters. The molecule has 4 aromatic carbocycles. The number of allylic oxidation sites excluding steroid dienone is 3. The van der Waals surface area contributed by atoms with Gasteiger partial charge in [-0.2, -0.15) is 0 Å². The molecule has 4 aromatic rings. The van der Waals surface area contributed by atoms with Gasteiger partial charge in [-0.25, -0.2) is 0 Å². The van der Waals surface area contributed by atoms with E-state index in [0.717, 1.165) is 39.5 Å². The van der Waals surface area contributed by atoms with Crippen molar-refractivity contribution in [2.75, 3.05) is 6.61 Å². The van der Waals surface area contributed by atoms with Gasteiger partial charge in [0, 0.05) is 28.2 Å². The van der Waals surface area contributed by atoms with Crippen molar-refractivity contribution in [3.05, 3.63) is 149 Å². The van der Waals surface area contributed by atoms with E-state index in [4.69, 9.17) is 9.47 Å². The van der Waals surface area contributed by atoms with Crippen LogP contribution in [0.5, 0.6) is 11.5 Å². The van der Waals surface area contributed by atoms with Crippen LogP contribution in [0.15, 0.2) is 127 Å². The van der Waals surface area contributed by atoms with Crippen LogP contribution >= 0.6 is 0 Å². The fourth-order valence-corrected chi connectivity index (χ4v) is 4.41. The molecule has 0 saturated carbocycles. The number of hydrogen-bond acceptors (Lipinski definition) is 3. The van der Waals surface area contributed by atoms with Crippen molar-refractivity contribution in [2.24, 2.45) is 0 Å². The van der Waals surface area contributed by atoms with Crippen LogP contribution in [0.4, 0.5) is 0 Å². The summed E-state index contributed by atoms with van der Waals surface area (Å²) in [4.78, 5) is 13.1. The number of ether oxygens (including phenoxy) is 2. The van der Waals surface area contributed by atoms with E-state index in [0.29, 0.717) is 12.2 Å². The molecule has 0 saturated heterocycles. The van der Waals surface area contributed by atoms with Crippen LogP contribution in [-0.4, -0.2) is 12.4 Å². The minimum Gasteiger partial charge on any atom is -0.494 e. The topological polar surface area (TPSA) is 35.5 Å². The lowest BCUT2D eigenvalue weighted by Crippen LogP contribution is -2.15. The van der Waals surface area contributed by atoms with Gasteiger partial charge in [0.15, 0.2) is 5.78 Å². The zero-order valence-corrected chi connectivity index (χ0v) is 19.6. The molecule has 3 heteroatoms. The third-order valence-electron chi connectivity index (χ3n) is 6.05. The average Bonchev–Trinajstić information content (AvgIpc) is 2.92. The molecule has 0 aliphatic carbocycles. The van der Waals surface area contributed by atoms with Gasteiger partial charge in [0.2, 0.25) is 0 Å². The van der Waals surface area contributed by atoms with Gasteiger partial charge in [0.25, 0.3) is 0 Å². The van der Waals surface area contributed by atoms with Gasteiger partial charge in [-0.3, -0.25) is 4.79 Å². The summed E-state index contributed by atoms with van der Waals surface area (Å²) in [5, 5.41) is 0. The van der Waals surface area contributed by atoms with E-state index in [1.165, 1.54) is 0 Å².